The molecule has 3 atom stereocenters. The number of unbranched alkanes of at least 4 members (excludes halogenated alkanes) is 4. The molecule has 0 bridgehead atoms. The van der Waals surface area contributed by atoms with E-state index in [0.29, 0.717) is 19.8 Å². The number of hydrogen-bond donors (Lipinski definition) is 0. The summed E-state index contributed by atoms with van der Waals surface area (Å²) < 4.78 is 17.5. The third kappa shape index (κ3) is 6.56. The van der Waals surface area contributed by atoms with Crippen molar-refractivity contribution in [3.05, 3.63) is 0 Å². The molecule has 0 amide bonds. The van der Waals surface area contributed by atoms with E-state index < -0.39 is 17.7 Å². The van der Waals surface area contributed by atoms with Gasteiger partial charge in [-0.2, -0.15) is 0 Å². The Morgan fingerprint density at radius 3 is 2.11 bits per heavy atom. The topological polar surface area (TPSA) is 61.8 Å². The van der Waals surface area contributed by atoms with Crippen LogP contribution in [-0.4, -0.2) is 37.4 Å². The van der Waals surface area contributed by atoms with Gasteiger partial charge < -0.3 is 14.2 Å². The molecule has 5 heteroatoms. The minimum Gasteiger partial charge on any atom is -0.465 e. The molecule has 0 aliphatic heterocycles. The van der Waals surface area contributed by atoms with Gasteiger partial charge in [0.1, 0.15) is 11.7 Å². The summed E-state index contributed by atoms with van der Waals surface area (Å²) in [4.78, 5) is 24.9. The molecule has 0 radical (unpaired) electrons. The summed E-state index contributed by atoms with van der Waals surface area (Å²) >= 11 is 0. The molecule has 0 N–H and O–H groups in total. The van der Waals surface area contributed by atoms with Crippen molar-refractivity contribution in [2.75, 3.05) is 19.8 Å². The third-order valence-electron chi connectivity index (χ3n) is 5.71. The number of Topliss-reactive ketones (excluding diaryl/α,β-unsaturated/α-hetero) is 1. The fourth-order valence-electron chi connectivity index (χ4n) is 4.64. The number of carbonyl (C=O) groups excluding carboxylic acids is 2. The molecule has 1 fully saturated rings. The van der Waals surface area contributed by atoms with Crippen LogP contribution in [0.5, 0.6) is 0 Å². The minimum atomic E-state index is -0.714. The van der Waals surface area contributed by atoms with E-state index in [1.54, 1.807) is 6.92 Å². The second-order valence-corrected chi connectivity index (χ2v) is 7.53. The first-order chi connectivity index (χ1) is 13.0. The second kappa shape index (κ2) is 12.5. The Morgan fingerprint density at radius 2 is 1.59 bits per heavy atom. The van der Waals surface area contributed by atoms with Crippen LogP contribution < -0.4 is 0 Å². The Kier molecular flexibility index (Phi) is 11.2. The number of esters is 1. The van der Waals surface area contributed by atoms with Gasteiger partial charge >= 0.3 is 5.97 Å². The van der Waals surface area contributed by atoms with E-state index in [1.807, 2.05) is 13.8 Å². The highest BCUT2D eigenvalue weighted by molar-refractivity contribution is 5.98. The summed E-state index contributed by atoms with van der Waals surface area (Å²) in [6.45, 7) is 10.8. The van der Waals surface area contributed by atoms with Crippen molar-refractivity contribution in [3.63, 3.8) is 0 Å². The van der Waals surface area contributed by atoms with Crippen molar-refractivity contribution >= 4 is 11.8 Å². The van der Waals surface area contributed by atoms with Crippen molar-refractivity contribution in [2.24, 2.45) is 17.8 Å². The van der Waals surface area contributed by atoms with Crippen molar-refractivity contribution in [2.45, 2.75) is 91.8 Å². The molecule has 0 aromatic carbocycles. The summed E-state index contributed by atoms with van der Waals surface area (Å²) in [5.74, 6) is -1.94. The van der Waals surface area contributed by atoms with E-state index in [-0.39, 0.29) is 17.6 Å². The average Bonchev–Trinajstić information content (AvgIpc) is 2.94. The molecule has 1 aliphatic carbocycles. The zero-order valence-electron chi connectivity index (χ0n) is 18.1. The Hall–Kier alpha value is -0.940. The maximum absolute atomic E-state index is 12.5. The minimum absolute atomic E-state index is 0.0392. The highest BCUT2D eigenvalue weighted by atomic mass is 16.7. The first-order valence-electron chi connectivity index (χ1n) is 10.9. The van der Waals surface area contributed by atoms with Gasteiger partial charge in [-0.1, -0.05) is 39.0 Å². The summed E-state index contributed by atoms with van der Waals surface area (Å²) in [5.41, 5.74) is 0. The zero-order valence-corrected chi connectivity index (χ0v) is 18.1. The second-order valence-electron chi connectivity index (χ2n) is 7.53. The molecule has 0 aromatic rings. The van der Waals surface area contributed by atoms with Gasteiger partial charge in [-0.25, -0.2) is 0 Å². The molecule has 0 aromatic heterocycles. The Balaban J connectivity index is 3.03. The van der Waals surface area contributed by atoms with E-state index in [2.05, 4.69) is 6.92 Å². The Labute approximate surface area is 165 Å². The molecule has 5 nitrogen and oxygen atoms in total. The van der Waals surface area contributed by atoms with Crippen molar-refractivity contribution in [3.8, 4) is 0 Å². The lowest BCUT2D eigenvalue weighted by atomic mass is 9.77. The van der Waals surface area contributed by atoms with Crippen molar-refractivity contribution in [1.29, 1.82) is 0 Å². The SMILES string of the molecule is CCCCCCCC1C(C(C(C)=O)C(=O)OCC)CCC1(OCC)OCC. The van der Waals surface area contributed by atoms with Crippen LogP contribution in [-0.2, 0) is 23.8 Å². The zero-order chi connectivity index (χ0) is 20.3. The standard InChI is InChI=1S/C22H40O5/c1-6-10-11-12-13-14-19-18(20(17(5)23)21(24)25-7-2)15-16-22(19,26-8-3)27-9-4/h18-20H,6-16H2,1-5H3. The Morgan fingerprint density at radius 1 is 0.963 bits per heavy atom. The normalized spacial score (nSPS) is 22.6. The van der Waals surface area contributed by atoms with Gasteiger partial charge in [0.2, 0.25) is 0 Å². The van der Waals surface area contributed by atoms with E-state index in [0.717, 1.165) is 32.1 Å². The summed E-state index contributed by atoms with van der Waals surface area (Å²) in [6, 6.07) is 0. The van der Waals surface area contributed by atoms with Crippen LogP contribution in [0.25, 0.3) is 0 Å². The molecular weight excluding hydrogens is 344 g/mol. The fourth-order valence-corrected chi connectivity index (χ4v) is 4.64. The van der Waals surface area contributed by atoms with E-state index in [1.165, 1.54) is 26.2 Å². The van der Waals surface area contributed by atoms with Gasteiger partial charge in [0.05, 0.1) is 6.61 Å². The highest BCUT2D eigenvalue weighted by Crippen LogP contribution is 2.50. The van der Waals surface area contributed by atoms with Crippen LogP contribution in [0.2, 0.25) is 0 Å². The van der Waals surface area contributed by atoms with Gasteiger partial charge in [-0.3, -0.25) is 9.59 Å². The molecule has 1 aliphatic rings. The van der Waals surface area contributed by atoms with Crippen LogP contribution in [0.1, 0.15) is 86.0 Å². The molecule has 0 spiro atoms. The van der Waals surface area contributed by atoms with Crippen LogP contribution >= 0.6 is 0 Å². The number of ether oxygens (including phenoxy) is 3. The number of ketones is 1. The van der Waals surface area contributed by atoms with Gasteiger partial charge in [-0.15, -0.1) is 0 Å². The van der Waals surface area contributed by atoms with E-state index in [9.17, 15) is 9.59 Å². The lowest BCUT2D eigenvalue weighted by Gasteiger charge is -2.38. The quantitative estimate of drug-likeness (QED) is 0.184. The maximum Gasteiger partial charge on any atom is 0.316 e. The summed E-state index contributed by atoms with van der Waals surface area (Å²) in [5, 5.41) is 0. The molecule has 1 rings (SSSR count). The van der Waals surface area contributed by atoms with Gasteiger partial charge in [-0.05, 0) is 46.5 Å². The molecule has 3 unspecified atom stereocenters. The molecule has 158 valence electrons. The molecule has 0 saturated heterocycles. The Bertz CT molecular complexity index is 442. The third-order valence-corrected chi connectivity index (χ3v) is 5.71. The van der Waals surface area contributed by atoms with Crippen LogP contribution in [0.15, 0.2) is 0 Å². The molecule has 1 saturated carbocycles. The van der Waals surface area contributed by atoms with E-state index in [4.69, 9.17) is 14.2 Å². The highest BCUT2D eigenvalue weighted by Gasteiger charge is 2.54. The lowest BCUT2D eigenvalue weighted by Crippen LogP contribution is -2.44. The summed E-state index contributed by atoms with van der Waals surface area (Å²) in [6.07, 6.45) is 8.30. The monoisotopic (exact) mass is 384 g/mol. The average molecular weight is 385 g/mol. The number of carbonyl (C=O) groups is 2. The molecule has 27 heavy (non-hydrogen) atoms. The number of hydrogen-bond acceptors (Lipinski definition) is 5. The molecule has 0 heterocycles. The van der Waals surface area contributed by atoms with Crippen molar-refractivity contribution < 1.29 is 23.8 Å². The predicted molar refractivity (Wildman–Crippen MR) is 106 cm³/mol. The van der Waals surface area contributed by atoms with Crippen molar-refractivity contribution in [1.82, 2.24) is 0 Å². The van der Waals surface area contributed by atoms with Gasteiger partial charge in [0.15, 0.2) is 5.79 Å². The van der Waals surface area contributed by atoms with Crippen LogP contribution in [0.4, 0.5) is 0 Å². The summed E-state index contributed by atoms with van der Waals surface area (Å²) in [7, 11) is 0. The van der Waals surface area contributed by atoms with Crippen LogP contribution in [0.3, 0.4) is 0 Å². The predicted octanol–water partition coefficient (Wildman–Crippen LogP) is 4.91. The van der Waals surface area contributed by atoms with Gasteiger partial charge in [0.25, 0.3) is 0 Å². The van der Waals surface area contributed by atoms with Crippen LogP contribution in [0, 0.1) is 17.8 Å². The van der Waals surface area contributed by atoms with E-state index >= 15 is 0 Å². The first kappa shape index (κ1) is 24.1. The smallest absolute Gasteiger partial charge is 0.316 e. The maximum atomic E-state index is 12.5. The first-order valence-corrected chi connectivity index (χ1v) is 10.9. The largest absolute Gasteiger partial charge is 0.465 e. The number of rotatable bonds is 14. The fraction of sp³-hybridized carbons (Fsp3) is 0.909. The lowest BCUT2D eigenvalue weighted by molar-refractivity contribution is -0.258. The molecular formula is C22H40O5. The van der Waals surface area contributed by atoms with Gasteiger partial charge in [0, 0.05) is 25.6 Å².